The molecule has 2 bridgehead atoms. The van der Waals surface area contributed by atoms with Crippen molar-refractivity contribution in [1.82, 2.24) is 5.32 Å². The van der Waals surface area contributed by atoms with Crippen LogP contribution < -0.4 is 5.32 Å². The summed E-state index contributed by atoms with van der Waals surface area (Å²) >= 11 is -2.26. The van der Waals surface area contributed by atoms with Crippen molar-refractivity contribution < 1.29 is 9.53 Å². The second-order valence-corrected chi connectivity index (χ2v) is 23.6. The molecule has 33 heavy (non-hydrogen) atoms. The standard InChI is InChI=1S/C17H20NO2.3C4H9.Sn/c1-3-11-4-6-12(7-5-11)14-10-13-8-9-15(18-13)16(14)17(19)20-2;3*1-3-4-2;/h1,3-7,13-16,18H,8-10H2,2H3;3*1,3-4H2,2H3;/t13-,14+,15+,16-;;;;/m0..../s1. The van der Waals surface area contributed by atoms with Crippen LogP contribution in [0.15, 0.2) is 28.4 Å². The summed E-state index contributed by atoms with van der Waals surface area (Å²) in [7, 11) is 1.53. The van der Waals surface area contributed by atoms with Crippen molar-refractivity contribution in [2.75, 3.05) is 7.11 Å². The van der Waals surface area contributed by atoms with Gasteiger partial charge in [0.25, 0.3) is 0 Å². The van der Waals surface area contributed by atoms with Gasteiger partial charge in [0.15, 0.2) is 0 Å². The van der Waals surface area contributed by atoms with Gasteiger partial charge in [-0.3, -0.25) is 0 Å². The van der Waals surface area contributed by atoms with Crippen molar-refractivity contribution in [2.24, 2.45) is 5.92 Å². The van der Waals surface area contributed by atoms with Gasteiger partial charge in [0, 0.05) is 0 Å². The van der Waals surface area contributed by atoms with E-state index >= 15 is 0 Å². The molecule has 3 rings (SSSR count). The summed E-state index contributed by atoms with van der Waals surface area (Å²) in [5.41, 5.74) is 2.63. The van der Waals surface area contributed by atoms with E-state index in [0.29, 0.717) is 6.04 Å². The van der Waals surface area contributed by atoms with Crippen molar-refractivity contribution in [2.45, 2.75) is 110 Å². The molecule has 3 nitrogen and oxygen atoms in total. The molecule has 2 aliphatic heterocycles. The van der Waals surface area contributed by atoms with Crippen LogP contribution in [0, 0.1) is 5.92 Å². The number of hydrogen-bond donors (Lipinski definition) is 1. The normalized spacial score (nSPS) is 25.0. The molecular formula is C29H47NO2Sn. The van der Waals surface area contributed by atoms with E-state index < -0.39 is 18.4 Å². The second-order valence-electron chi connectivity index (χ2n) is 10.6. The van der Waals surface area contributed by atoms with Gasteiger partial charge in [0.2, 0.25) is 0 Å². The predicted molar refractivity (Wildman–Crippen MR) is 143 cm³/mol. The number of rotatable bonds is 13. The number of carbonyl (C=O) groups excluding carboxylic acids is 1. The quantitative estimate of drug-likeness (QED) is 0.201. The number of carbonyl (C=O) groups is 1. The van der Waals surface area contributed by atoms with E-state index in [0.717, 1.165) is 12.8 Å². The van der Waals surface area contributed by atoms with Crippen molar-refractivity contribution in [3.05, 3.63) is 39.5 Å². The Morgan fingerprint density at radius 1 is 1.00 bits per heavy atom. The number of esters is 1. The topological polar surface area (TPSA) is 38.3 Å². The van der Waals surface area contributed by atoms with Crippen molar-refractivity contribution in [3.63, 3.8) is 0 Å². The number of ether oxygens (including phenoxy) is 1. The Hall–Kier alpha value is -0.811. The average Bonchev–Trinajstić information content (AvgIpc) is 3.23. The van der Waals surface area contributed by atoms with Gasteiger partial charge in [-0.25, -0.2) is 0 Å². The molecular weight excluding hydrogens is 513 g/mol. The monoisotopic (exact) mass is 561 g/mol. The predicted octanol–water partition coefficient (Wildman–Crippen LogP) is 7.49. The van der Waals surface area contributed by atoms with Gasteiger partial charge in [0.1, 0.15) is 0 Å². The van der Waals surface area contributed by atoms with Gasteiger partial charge >= 0.3 is 208 Å². The zero-order chi connectivity index (χ0) is 23.7. The van der Waals surface area contributed by atoms with Crippen LogP contribution in [0.1, 0.15) is 95.6 Å². The van der Waals surface area contributed by atoms with E-state index in [1.807, 2.05) is 0 Å². The number of methoxy groups -OCH3 is 1. The number of fused-ring (bicyclic) bond motifs is 2. The van der Waals surface area contributed by atoms with Gasteiger partial charge in [-0.15, -0.1) is 0 Å². The number of hydrogen-bond acceptors (Lipinski definition) is 3. The summed E-state index contributed by atoms with van der Waals surface area (Å²) < 4.78 is 12.5. The molecule has 0 radical (unpaired) electrons. The summed E-state index contributed by atoms with van der Waals surface area (Å²) in [5.74, 6) is 0.158. The number of piperidine rings is 1. The summed E-state index contributed by atoms with van der Waals surface area (Å²) in [6.07, 6.45) is 13.9. The molecule has 2 aliphatic rings. The fourth-order valence-corrected chi connectivity index (χ4v) is 20.4. The molecule has 4 atom stereocenters. The first-order chi connectivity index (χ1) is 16.1. The average molecular weight is 560 g/mol. The summed E-state index contributed by atoms with van der Waals surface area (Å²) in [6.45, 7) is 7.02. The van der Waals surface area contributed by atoms with Crippen LogP contribution in [0.25, 0.3) is 6.08 Å². The van der Waals surface area contributed by atoms with Crippen LogP contribution in [-0.4, -0.2) is 43.5 Å². The number of nitrogens with one attached hydrogen (secondary N) is 1. The van der Waals surface area contributed by atoms with Gasteiger partial charge in [-0.1, -0.05) is 0 Å². The van der Waals surface area contributed by atoms with Gasteiger partial charge in [0.05, 0.1) is 0 Å². The first-order valence-corrected chi connectivity index (χ1v) is 21.4. The molecule has 1 N–H and O–H groups in total. The van der Waals surface area contributed by atoms with Crippen LogP contribution in [-0.2, 0) is 9.53 Å². The zero-order valence-corrected chi connectivity index (χ0v) is 24.4. The minimum atomic E-state index is -2.26. The maximum atomic E-state index is 12.6. The van der Waals surface area contributed by atoms with Crippen molar-refractivity contribution in [3.8, 4) is 0 Å². The molecule has 1 aromatic carbocycles. The Morgan fingerprint density at radius 3 is 2.15 bits per heavy atom. The number of unbranched alkanes of at least 4 members (excludes halogenated alkanes) is 3. The van der Waals surface area contributed by atoms with Crippen LogP contribution in [0.3, 0.4) is 0 Å². The molecule has 2 saturated heterocycles. The van der Waals surface area contributed by atoms with Crippen LogP contribution in [0.5, 0.6) is 0 Å². The molecule has 0 unspecified atom stereocenters. The maximum absolute atomic E-state index is 12.6. The first kappa shape index (κ1) is 26.8. The SMILES string of the molecule is CCC[CH2][Sn](/[CH]=C\c1ccc([C@H]2C[C@@H]3CC[C@@H](N3)[C@H]2C(=O)OC)cc1)([CH2]CCC)[CH2]CCC. The van der Waals surface area contributed by atoms with E-state index in [4.69, 9.17) is 4.74 Å². The molecule has 0 saturated carbocycles. The minimum absolute atomic E-state index is 0.0524. The number of benzene rings is 1. The van der Waals surface area contributed by atoms with E-state index in [1.54, 1.807) is 0 Å². The molecule has 2 heterocycles. The third kappa shape index (κ3) is 7.10. The molecule has 0 spiro atoms. The molecule has 0 aliphatic carbocycles. The molecule has 1 aromatic rings. The third-order valence-electron chi connectivity index (χ3n) is 8.23. The van der Waals surface area contributed by atoms with Crippen molar-refractivity contribution >= 4 is 30.4 Å². The molecule has 0 amide bonds. The Bertz CT molecular complexity index is 738. The summed E-state index contributed by atoms with van der Waals surface area (Å²) in [4.78, 5) is 12.6. The Morgan fingerprint density at radius 2 is 1.61 bits per heavy atom. The van der Waals surface area contributed by atoms with E-state index in [1.165, 1.54) is 76.5 Å². The molecule has 0 aromatic heterocycles. The van der Waals surface area contributed by atoms with Gasteiger partial charge in [-0.2, -0.15) is 0 Å². The summed E-state index contributed by atoms with van der Waals surface area (Å²) in [5, 5.41) is 3.65. The molecule has 4 heteroatoms. The first-order valence-electron chi connectivity index (χ1n) is 13.7. The van der Waals surface area contributed by atoms with E-state index in [2.05, 4.69) is 60.5 Å². The van der Waals surface area contributed by atoms with Gasteiger partial charge < -0.3 is 0 Å². The van der Waals surface area contributed by atoms with Crippen LogP contribution in [0.2, 0.25) is 13.3 Å². The van der Waals surface area contributed by atoms with Crippen LogP contribution >= 0.6 is 0 Å². The van der Waals surface area contributed by atoms with Crippen molar-refractivity contribution in [1.29, 1.82) is 0 Å². The Labute approximate surface area is 207 Å². The van der Waals surface area contributed by atoms with E-state index in [9.17, 15) is 4.79 Å². The molecule has 2 fully saturated rings. The Balaban J connectivity index is 1.77. The fraction of sp³-hybridized carbons (Fsp3) is 0.690. The third-order valence-corrected chi connectivity index (χ3v) is 22.3. The Kier molecular flexibility index (Phi) is 10.8. The van der Waals surface area contributed by atoms with Crippen LogP contribution in [0.4, 0.5) is 0 Å². The second kappa shape index (κ2) is 13.3. The van der Waals surface area contributed by atoms with Gasteiger partial charge in [-0.05, 0) is 0 Å². The summed E-state index contributed by atoms with van der Waals surface area (Å²) in [6, 6.07) is 9.97. The molecule has 184 valence electrons. The van der Waals surface area contributed by atoms with E-state index in [-0.39, 0.29) is 23.8 Å². The fourth-order valence-electron chi connectivity index (χ4n) is 6.20. The zero-order valence-electron chi connectivity index (χ0n) is 21.6.